The number of likely N-dealkylation sites (tertiary alicyclic amines) is 1. The molecule has 2 atom stereocenters. The van der Waals surface area contributed by atoms with Crippen LogP contribution in [0.1, 0.15) is 26.2 Å². The second kappa shape index (κ2) is 9.59. The monoisotopic (exact) mass is 357 g/mol. The molecular weight excluding hydrogens is 330 g/mol. The third kappa shape index (κ3) is 5.76. The second-order valence-electron chi connectivity index (χ2n) is 6.11. The van der Waals surface area contributed by atoms with Gasteiger partial charge in [-0.2, -0.15) is 0 Å². The van der Waals surface area contributed by atoms with E-state index in [0.29, 0.717) is 13.0 Å². The van der Waals surface area contributed by atoms with Gasteiger partial charge in [0.15, 0.2) is 0 Å². The van der Waals surface area contributed by atoms with Crippen LogP contribution in [0.4, 0.5) is 5.69 Å². The van der Waals surface area contributed by atoms with E-state index in [9.17, 15) is 4.79 Å². The van der Waals surface area contributed by atoms with E-state index in [1.165, 1.54) is 0 Å². The van der Waals surface area contributed by atoms with Gasteiger partial charge in [0.25, 0.3) is 0 Å². The first-order chi connectivity index (χ1) is 11.0. The van der Waals surface area contributed by atoms with E-state index in [4.69, 9.17) is 15.2 Å². The molecule has 1 aliphatic heterocycles. The van der Waals surface area contributed by atoms with Crippen LogP contribution in [0.5, 0.6) is 11.5 Å². The lowest BCUT2D eigenvalue weighted by molar-refractivity contribution is -0.132. The first-order valence-electron chi connectivity index (χ1n) is 8.04. The van der Waals surface area contributed by atoms with Gasteiger partial charge in [0.1, 0.15) is 11.5 Å². The molecular formula is C17H28ClN3O3. The topological polar surface area (TPSA) is 76.8 Å². The van der Waals surface area contributed by atoms with E-state index in [1.54, 1.807) is 14.2 Å². The van der Waals surface area contributed by atoms with Crippen molar-refractivity contribution in [2.24, 2.45) is 5.73 Å². The summed E-state index contributed by atoms with van der Waals surface area (Å²) in [6.45, 7) is 3.37. The molecule has 2 rings (SSSR count). The molecule has 1 aliphatic rings. The Morgan fingerprint density at radius 2 is 1.96 bits per heavy atom. The number of benzene rings is 1. The molecule has 1 aromatic rings. The maximum Gasteiger partial charge on any atom is 0.224 e. The Balaban J connectivity index is 0.00000288. The summed E-state index contributed by atoms with van der Waals surface area (Å²) in [4.78, 5) is 14.1. The maximum atomic E-state index is 12.2. The number of nitrogens with one attached hydrogen (secondary N) is 1. The number of carbonyl (C=O) groups is 1. The standard InChI is InChI=1S/C17H27N3O3.ClH/c1-12(18)7-17(21)20-6-4-5-13(11-20)19-14-8-15(22-2)10-16(9-14)23-3;/h8-10,12-13,19H,4-7,11,18H2,1-3H3;1H. The highest BCUT2D eigenvalue weighted by Crippen LogP contribution is 2.27. The van der Waals surface area contributed by atoms with Crippen molar-refractivity contribution in [1.82, 2.24) is 4.90 Å². The minimum Gasteiger partial charge on any atom is -0.497 e. The van der Waals surface area contributed by atoms with Gasteiger partial charge in [-0.05, 0) is 19.8 Å². The molecule has 0 radical (unpaired) electrons. The summed E-state index contributed by atoms with van der Waals surface area (Å²) in [5.74, 6) is 1.62. The number of halogens is 1. The van der Waals surface area contributed by atoms with Gasteiger partial charge in [0.2, 0.25) is 5.91 Å². The molecule has 0 spiro atoms. The first kappa shape index (κ1) is 20.4. The molecule has 0 aromatic heterocycles. The van der Waals surface area contributed by atoms with Crippen molar-refractivity contribution in [2.45, 2.75) is 38.3 Å². The Kier molecular flexibility index (Phi) is 8.15. The van der Waals surface area contributed by atoms with Crippen LogP contribution in [0, 0.1) is 0 Å². The number of nitrogens with two attached hydrogens (primary N) is 1. The molecule has 3 N–H and O–H groups in total. The second-order valence-corrected chi connectivity index (χ2v) is 6.11. The number of amides is 1. The molecule has 1 amide bonds. The Hall–Kier alpha value is -1.66. The highest BCUT2D eigenvalue weighted by molar-refractivity contribution is 5.85. The van der Waals surface area contributed by atoms with Gasteiger partial charge in [-0.3, -0.25) is 4.79 Å². The summed E-state index contributed by atoms with van der Waals surface area (Å²) in [5, 5.41) is 3.48. The van der Waals surface area contributed by atoms with Crippen molar-refractivity contribution in [3.8, 4) is 11.5 Å². The van der Waals surface area contributed by atoms with E-state index in [0.717, 1.165) is 36.6 Å². The summed E-state index contributed by atoms with van der Waals surface area (Å²) in [6.07, 6.45) is 2.42. The maximum absolute atomic E-state index is 12.2. The van der Waals surface area contributed by atoms with Crippen LogP contribution in [0.25, 0.3) is 0 Å². The fraction of sp³-hybridized carbons (Fsp3) is 0.588. The van der Waals surface area contributed by atoms with Gasteiger partial charge < -0.3 is 25.4 Å². The first-order valence-corrected chi connectivity index (χ1v) is 8.04. The minimum absolute atomic E-state index is 0. The molecule has 6 nitrogen and oxygen atoms in total. The van der Waals surface area contributed by atoms with Crippen LogP contribution in [0.2, 0.25) is 0 Å². The highest BCUT2D eigenvalue weighted by atomic mass is 35.5. The summed E-state index contributed by atoms with van der Waals surface area (Å²) >= 11 is 0. The van der Waals surface area contributed by atoms with Gasteiger partial charge in [-0.25, -0.2) is 0 Å². The molecule has 1 heterocycles. The van der Waals surface area contributed by atoms with E-state index in [2.05, 4.69) is 5.32 Å². The van der Waals surface area contributed by atoms with Crippen molar-refractivity contribution in [3.63, 3.8) is 0 Å². The van der Waals surface area contributed by atoms with Crippen LogP contribution >= 0.6 is 12.4 Å². The molecule has 0 bridgehead atoms. The number of methoxy groups -OCH3 is 2. The van der Waals surface area contributed by atoms with Gasteiger partial charge in [0, 0.05) is 55.5 Å². The molecule has 0 saturated carbocycles. The largest absolute Gasteiger partial charge is 0.497 e. The number of anilines is 1. The smallest absolute Gasteiger partial charge is 0.224 e. The molecule has 7 heteroatoms. The third-order valence-electron chi connectivity index (χ3n) is 3.99. The third-order valence-corrected chi connectivity index (χ3v) is 3.99. The number of nitrogens with zero attached hydrogens (tertiary/aromatic N) is 1. The van der Waals surface area contributed by atoms with Crippen LogP contribution < -0.4 is 20.5 Å². The number of hydrogen-bond acceptors (Lipinski definition) is 5. The molecule has 1 aromatic carbocycles. The van der Waals surface area contributed by atoms with Gasteiger partial charge in [-0.15, -0.1) is 12.4 Å². The van der Waals surface area contributed by atoms with Gasteiger partial charge in [0.05, 0.1) is 14.2 Å². The van der Waals surface area contributed by atoms with E-state index in [1.807, 2.05) is 30.0 Å². The zero-order chi connectivity index (χ0) is 16.8. The number of ether oxygens (including phenoxy) is 2. The van der Waals surface area contributed by atoms with Crippen LogP contribution in [-0.2, 0) is 4.79 Å². The number of rotatable bonds is 6. The van der Waals surface area contributed by atoms with Crippen LogP contribution in [-0.4, -0.2) is 50.2 Å². The average molecular weight is 358 g/mol. The zero-order valence-corrected chi connectivity index (χ0v) is 15.4. The Morgan fingerprint density at radius 1 is 1.33 bits per heavy atom. The minimum atomic E-state index is -0.0986. The number of hydrogen-bond donors (Lipinski definition) is 2. The average Bonchev–Trinajstić information content (AvgIpc) is 2.54. The highest BCUT2D eigenvalue weighted by Gasteiger charge is 2.24. The van der Waals surface area contributed by atoms with Crippen molar-refractivity contribution in [1.29, 1.82) is 0 Å². The number of piperidine rings is 1. The summed E-state index contributed by atoms with van der Waals surface area (Å²) in [5.41, 5.74) is 6.67. The predicted molar refractivity (Wildman–Crippen MR) is 98.3 cm³/mol. The lowest BCUT2D eigenvalue weighted by Gasteiger charge is -2.34. The molecule has 24 heavy (non-hydrogen) atoms. The predicted octanol–water partition coefficient (Wildman–Crippen LogP) is 2.27. The van der Waals surface area contributed by atoms with Crippen LogP contribution in [0.3, 0.4) is 0 Å². The Labute approximate surface area is 150 Å². The molecule has 2 unspecified atom stereocenters. The van der Waals surface area contributed by atoms with E-state index < -0.39 is 0 Å². The Morgan fingerprint density at radius 3 is 2.50 bits per heavy atom. The van der Waals surface area contributed by atoms with E-state index >= 15 is 0 Å². The van der Waals surface area contributed by atoms with E-state index in [-0.39, 0.29) is 30.4 Å². The van der Waals surface area contributed by atoms with Crippen molar-refractivity contribution >= 4 is 24.0 Å². The summed E-state index contributed by atoms with van der Waals surface area (Å²) < 4.78 is 10.6. The molecule has 136 valence electrons. The van der Waals surface area contributed by atoms with Crippen LogP contribution in [0.15, 0.2) is 18.2 Å². The summed E-state index contributed by atoms with van der Waals surface area (Å²) in [7, 11) is 3.26. The molecule has 1 saturated heterocycles. The summed E-state index contributed by atoms with van der Waals surface area (Å²) in [6, 6.07) is 5.83. The molecule has 1 fully saturated rings. The SMILES string of the molecule is COc1cc(NC2CCCN(C(=O)CC(C)N)C2)cc(OC)c1.Cl. The quantitative estimate of drug-likeness (QED) is 0.816. The fourth-order valence-electron chi connectivity index (χ4n) is 2.85. The Bertz CT molecular complexity index is 518. The lowest BCUT2D eigenvalue weighted by atomic mass is 10.0. The zero-order valence-electron chi connectivity index (χ0n) is 14.6. The fourth-order valence-corrected chi connectivity index (χ4v) is 2.85. The normalized spacial score (nSPS) is 18.3. The van der Waals surface area contributed by atoms with Gasteiger partial charge in [-0.1, -0.05) is 0 Å². The van der Waals surface area contributed by atoms with Gasteiger partial charge >= 0.3 is 0 Å². The number of carbonyl (C=O) groups excluding carboxylic acids is 1. The lowest BCUT2D eigenvalue weighted by Crippen LogP contribution is -2.46. The molecule has 0 aliphatic carbocycles. The van der Waals surface area contributed by atoms with Crippen molar-refractivity contribution < 1.29 is 14.3 Å². The van der Waals surface area contributed by atoms with Crippen molar-refractivity contribution in [2.75, 3.05) is 32.6 Å². The van der Waals surface area contributed by atoms with Crippen molar-refractivity contribution in [3.05, 3.63) is 18.2 Å².